The number of anilines is 1. The Morgan fingerprint density at radius 3 is 2.80 bits per heavy atom. The largest absolute Gasteiger partial charge is 0.387 e. The Kier molecular flexibility index (Phi) is 3.77. The van der Waals surface area contributed by atoms with Gasteiger partial charge in [-0.25, -0.2) is 0 Å². The summed E-state index contributed by atoms with van der Waals surface area (Å²) in [6.45, 7) is 5.40. The number of carbonyl (C=O) groups is 1. The fourth-order valence-corrected chi connectivity index (χ4v) is 3.11. The van der Waals surface area contributed by atoms with Crippen LogP contribution in [-0.4, -0.2) is 22.7 Å². The van der Waals surface area contributed by atoms with E-state index in [0.29, 0.717) is 28.3 Å². The van der Waals surface area contributed by atoms with Crippen LogP contribution in [0.2, 0.25) is 5.02 Å². The summed E-state index contributed by atoms with van der Waals surface area (Å²) >= 11 is 6.16. The number of hydrogen-bond donors (Lipinski definition) is 1. The van der Waals surface area contributed by atoms with Gasteiger partial charge < -0.3 is 10.0 Å². The van der Waals surface area contributed by atoms with Gasteiger partial charge in [-0.1, -0.05) is 18.5 Å². The molecule has 2 rings (SSSR count). The number of halogens is 1. The number of rotatable bonds is 2. The molecule has 106 valence electrons. The predicted molar refractivity (Wildman–Crippen MR) is 77.7 cm³/mol. The quantitative estimate of drug-likeness (QED) is 0.911. The van der Waals surface area contributed by atoms with Gasteiger partial charge in [-0.2, -0.15) is 5.26 Å². The van der Waals surface area contributed by atoms with Crippen LogP contribution in [0.3, 0.4) is 0 Å². The molecule has 1 aliphatic heterocycles. The molecule has 0 aromatic heterocycles. The normalized spacial score (nSPS) is 25.9. The summed E-state index contributed by atoms with van der Waals surface area (Å²) in [6, 6.07) is 5.07. The first-order valence-electron chi connectivity index (χ1n) is 6.57. The third-order valence-electron chi connectivity index (χ3n) is 3.93. The van der Waals surface area contributed by atoms with Crippen molar-refractivity contribution >= 4 is 23.2 Å². The number of nitrogens with zero attached hydrogens (tertiary/aromatic N) is 2. The van der Waals surface area contributed by atoms with E-state index in [9.17, 15) is 9.90 Å². The van der Waals surface area contributed by atoms with Gasteiger partial charge in [0.15, 0.2) is 0 Å². The van der Waals surface area contributed by atoms with Gasteiger partial charge in [0.2, 0.25) is 5.91 Å². The van der Waals surface area contributed by atoms with Crippen molar-refractivity contribution in [1.82, 2.24) is 0 Å². The van der Waals surface area contributed by atoms with Crippen molar-refractivity contribution < 1.29 is 9.90 Å². The molecule has 0 aliphatic carbocycles. The highest BCUT2D eigenvalue weighted by Crippen LogP contribution is 2.39. The van der Waals surface area contributed by atoms with Crippen LogP contribution in [0.1, 0.15) is 37.8 Å². The van der Waals surface area contributed by atoms with Crippen molar-refractivity contribution in [2.45, 2.75) is 45.3 Å². The van der Waals surface area contributed by atoms with Gasteiger partial charge in [-0.05, 0) is 38.0 Å². The zero-order valence-electron chi connectivity index (χ0n) is 11.8. The minimum atomic E-state index is -1.04. The lowest BCUT2D eigenvalue weighted by Crippen LogP contribution is -2.43. The monoisotopic (exact) mass is 292 g/mol. The third kappa shape index (κ3) is 2.17. The molecule has 0 bridgehead atoms. The first-order valence-corrected chi connectivity index (χ1v) is 6.95. The maximum Gasteiger partial charge on any atom is 0.230 e. The van der Waals surface area contributed by atoms with Gasteiger partial charge in [0.25, 0.3) is 0 Å². The Morgan fingerprint density at radius 2 is 2.25 bits per heavy atom. The van der Waals surface area contributed by atoms with Gasteiger partial charge >= 0.3 is 0 Å². The molecular weight excluding hydrogens is 276 g/mol. The molecule has 1 amide bonds. The highest BCUT2D eigenvalue weighted by atomic mass is 35.5. The number of carbonyl (C=O) groups excluding carboxylic acids is 1. The predicted octanol–water partition coefficient (Wildman–Crippen LogP) is 2.79. The Balaban J connectivity index is 2.54. The molecule has 2 atom stereocenters. The van der Waals surface area contributed by atoms with Gasteiger partial charge in [0, 0.05) is 5.69 Å². The maximum absolute atomic E-state index is 12.2. The Hall–Kier alpha value is -1.57. The number of amides is 1. The Morgan fingerprint density at radius 1 is 1.60 bits per heavy atom. The van der Waals surface area contributed by atoms with E-state index in [2.05, 4.69) is 0 Å². The topological polar surface area (TPSA) is 64.3 Å². The molecule has 4 nitrogen and oxygen atoms in total. The average molecular weight is 293 g/mol. The molecule has 0 spiro atoms. The zero-order chi connectivity index (χ0) is 15.1. The van der Waals surface area contributed by atoms with Gasteiger partial charge in [-0.15, -0.1) is 0 Å². The van der Waals surface area contributed by atoms with Crippen molar-refractivity contribution in [3.8, 4) is 6.07 Å². The first kappa shape index (κ1) is 14.8. The summed E-state index contributed by atoms with van der Waals surface area (Å²) < 4.78 is 0. The van der Waals surface area contributed by atoms with E-state index in [4.69, 9.17) is 16.9 Å². The minimum absolute atomic E-state index is 0.0998. The molecule has 1 N–H and O–H groups in total. The average Bonchev–Trinajstić information content (AvgIpc) is 2.61. The van der Waals surface area contributed by atoms with Crippen LogP contribution in [0.5, 0.6) is 0 Å². The van der Waals surface area contributed by atoms with Crippen molar-refractivity contribution in [3.05, 3.63) is 28.3 Å². The lowest BCUT2D eigenvalue weighted by atomic mass is 9.94. The zero-order valence-corrected chi connectivity index (χ0v) is 12.5. The Labute approximate surface area is 123 Å². The smallest absolute Gasteiger partial charge is 0.230 e. The molecule has 1 fully saturated rings. The minimum Gasteiger partial charge on any atom is -0.387 e. The van der Waals surface area contributed by atoms with Crippen LogP contribution in [0.25, 0.3) is 0 Å². The van der Waals surface area contributed by atoms with E-state index in [1.807, 2.05) is 13.0 Å². The highest BCUT2D eigenvalue weighted by Gasteiger charge is 2.47. The molecule has 0 radical (unpaired) electrons. The number of benzene rings is 1. The molecule has 1 aromatic carbocycles. The molecule has 20 heavy (non-hydrogen) atoms. The third-order valence-corrected chi connectivity index (χ3v) is 4.42. The van der Waals surface area contributed by atoms with Gasteiger partial charge in [0.1, 0.15) is 6.07 Å². The fraction of sp³-hybridized carbons (Fsp3) is 0.467. The van der Waals surface area contributed by atoms with Crippen LogP contribution in [0, 0.1) is 18.3 Å². The van der Waals surface area contributed by atoms with E-state index < -0.39 is 5.60 Å². The second-order valence-electron chi connectivity index (χ2n) is 5.40. The van der Waals surface area contributed by atoms with Crippen LogP contribution >= 0.6 is 11.6 Å². The molecule has 0 saturated carbocycles. The lowest BCUT2D eigenvalue weighted by Gasteiger charge is -2.31. The molecule has 5 heteroatoms. The van der Waals surface area contributed by atoms with Crippen molar-refractivity contribution in [2.75, 3.05) is 4.90 Å². The van der Waals surface area contributed by atoms with Crippen molar-refractivity contribution in [2.24, 2.45) is 0 Å². The standard InChI is InChI=1S/C15H17ClN2O2/c1-4-12-15(3,20)7-13(19)18(12)11-6-5-10(8-17)14(16)9(11)2/h5-6,12,20H,4,7H2,1-3H3/t12-,15-/m0/s1. The van der Waals surface area contributed by atoms with Crippen molar-refractivity contribution in [3.63, 3.8) is 0 Å². The van der Waals surface area contributed by atoms with E-state index in [1.165, 1.54) is 0 Å². The molecular formula is C15H17ClN2O2. The summed E-state index contributed by atoms with van der Waals surface area (Å²) in [5.74, 6) is -0.120. The van der Waals surface area contributed by atoms with Crippen LogP contribution < -0.4 is 4.90 Å². The molecule has 1 heterocycles. The SMILES string of the molecule is CC[C@@H]1N(c2ccc(C#N)c(Cl)c2C)C(=O)C[C@]1(C)O. The summed E-state index contributed by atoms with van der Waals surface area (Å²) in [5.41, 5.74) is 0.705. The molecule has 0 unspecified atom stereocenters. The summed E-state index contributed by atoms with van der Waals surface area (Å²) in [4.78, 5) is 13.8. The Bertz CT molecular complexity index is 605. The summed E-state index contributed by atoms with van der Waals surface area (Å²) in [7, 11) is 0. The van der Waals surface area contributed by atoms with Crippen LogP contribution in [0.15, 0.2) is 12.1 Å². The second-order valence-corrected chi connectivity index (χ2v) is 5.78. The first-order chi connectivity index (χ1) is 9.33. The van der Waals surface area contributed by atoms with Gasteiger partial charge in [0.05, 0.1) is 28.6 Å². The van der Waals surface area contributed by atoms with Crippen LogP contribution in [-0.2, 0) is 4.79 Å². The van der Waals surface area contributed by atoms with Crippen molar-refractivity contribution in [1.29, 1.82) is 5.26 Å². The van der Waals surface area contributed by atoms with E-state index in [-0.39, 0.29) is 18.4 Å². The lowest BCUT2D eigenvalue weighted by molar-refractivity contribution is -0.118. The molecule has 1 saturated heterocycles. The fourth-order valence-electron chi connectivity index (χ4n) is 2.91. The van der Waals surface area contributed by atoms with Gasteiger partial charge in [-0.3, -0.25) is 4.79 Å². The van der Waals surface area contributed by atoms with E-state index in [0.717, 1.165) is 0 Å². The van der Waals surface area contributed by atoms with E-state index in [1.54, 1.807) is 30.9 Å². The highest BCUT2D eigenvalue weighted by molar-refractivity contribution is 6.33. The number of nitriles is 1. The molecule has 1 aliphatic rings. The summed E-state index contributed by atoms with van der Waals surface area (Å²) in [6.07, 6.45) is 0.748. The second kappa shape index (κ2) is 5.08. The van der Waals surface area contributed by atoms with E-state index >= 15 is 0 Å². The summed E-state index contributed by atoms with van der Waals surface area (Å²) in [5, 5.41) is 19.7. The number of aliphatic hydroxyl groups is 1. The maximum atomic E-state index is 12.2. The van der Waals surface area contributed by atoms with Crippen LogP contribution in [0.4, 0.5) is 5.69 Å². The number of hydrogen-bond acceptors (Lipinski definition) is 3. The molecule has 1 aromatic rings.